The molecule has 4 atom stereocenters. The highest BCUT2D eigenvalue weighted by Crippen LogP contribution is 2.21. The lowest BCUT2D eigenvalue weighted by atomic mass is 10.1. The molecule has 2 N–H and O–H groups in total. The number of benzene rings is 1. The molecule has 2 aliphatic heterocycles. The summed E-state index contributed by atoms with van der Waals surface area (Å²) in [6.45, 7) is 6.14. The molecule has 0 amide bonds. The third-order valence-corrected chi connectivity index (χ3v) is 5.26. The van der Waals surface area contributed by atoms with Gasteiger partial charge in [0, 0.05) is 44.3 Å². The van der Waals surface area contributed by atoms with E-state index in [0.717, 1.165) is 32.6 Å². The SMILES string of the molecule is C[C@@H]1C[C@H](NC[C@H]2C[C@H](O)CN2Cc2ccccc2)CN1C. The van der Waals surface area contributed by atoms with E-state index >= 15 is 0 Å². The second-order valence-corrected chi connectivity index (χ2v) is 7.09. The maximum absolute atomic E-state index is 10.0. The average molecular weight is 303 g/mol. The molecule has 0 aromatic heterocycles. The van der Waals surface area contributed by atoms with Gasteiger partial charge in [-0.15, -0.1) is 0 Å². The Morgan fingerprint density at radius 2 is 1.95 bits per heavy atom. The molecule has 4 heteroatoms. The van der Waals surface area contributed by atoms with Crippen LogP contribution in [0.5, 0.6) is 0 Å². The number of likely N-dealkylation sites (N-methyl/N-ethyl adjacent to an activating group) is 1. The van der Waals surface area contributed by atoms with Gasteiger partial charge >= 0.3 is 0 Å². The summed E-state index contributed by atoms with van der Waals surface area (Å²) in [5, 5.41) is 13.8. The normalized spacial score (nSPS) is 33.6. The molecule has 2 heterocycles. The number of hydrogen-bond donors (Lipinski definition) is 2. The Bertz CT molecular complexity index is 457. The minimum Gasteiger partial charge on any atom is -0.392 e. The highest BCUT2D eigenvalue weighted by Gasteiger charge is 2.32. The summed E-state index contributed by atoms with van der Waals surface area (Å²) >= 11 is 0. The number of nitrogens with zero attached hydrogens (tertiary/aromatic N) is 2. The Kier molecular flexibility index (Phi) is 5.14. The van der Waals surface area contributed by atoms with Crippen molar-refractivity contribution in [1.82, 2.24) is 15.1 Å². The van der Waals surface area contributed by atoms with Crippen LogP contribution in [0.1, 0.15) is 25.3 Å². The third-order valence-electron chi connectivity index (χ3n) is 5.26. The first-order valence-electron chi connectivity index (χ1n) is 8.51. The molecule has 3 rings (SSSR count). The van der Waals surface area contributed by atoms with Crippen molar-refractivity contribution >= 4 is 0 Å². The van der Waals surface area contributed by atoms with E-state index in [1.807, 2.05) is 0 Å². The Balaban J connectivity index is 1.52. The van der Waals surface area contributed by atoms with Crippen molar-refractivity contribution in [1.29, 1.82) is 0 Å². The van der Waals surface area contributed by atoms with Gasteiger partial charge in [-0.2, -0.15) is 0 Å². The predicted octanol–water partition coefficient (Wildman–Crippen LogP) is 1.30. The Morgan fingerprint density at radius 3 is 2.64 bits per heavy atom. The standard InChI is InChI=1S/C18H29N3O/c1-14-8-16(12-20(14)2)19-10-17-9-18(22)13-21(17)11-15-6-4-3-5-7-15/h3-7,14,16-19,22H,8-13H2,1-2H3/t14-,16+,17-,18+/m1/s1. The van der Waals surface area contributed by atoms with Crippen LogP contribution < -0.4 is 5.32 Å². The molecule has 2 fully saturated rings. The Hall–Kier alpha value is -0.940. The van der Waals surface area contributed by atoms with E-state index in [9.17, 15) is 5.11 Å². The van der Waals surface area contributed by atoms with E-state index in [4.69, 9.17) is 0 Å². The van der Waals surface area contributed by atoms with E-state index in [2.05, 4.69) is 59.4 Å². The maximum atomic E-state index is 10.0. The number of hydrogen-bond acceptors (Lipinski definition) is 4. The molecule has 0 bridgehead atoms. The highest BCUT2D eigenvalue weighted by atomic mass is 16.3. The number of aliphatic hydroxyl groups excluding tert-OH is 1. The largest absolute Gasteiger partial charge is 0.392 e. The van der Waals surface area contributed by atoms with Gasteiger partial charge in [0.1, 0.15) is 0 Å². The Labute approximate surface area is 134 Å². The molecule has 4 nitrogen and oxygen atoms in total. The van der Waals surface area contributed by atoms with E-state index < -0.39 is 0 Å². The van der Waals surface area contributed by atoms with Gasteiger partial charge in [0.2, 0.25) is 0 Å². The lowest BCUT2D eigenvalue weighted by Gasteiger charge is -2.26. The first-order chi connectivity index (χ1) is 10.6. The molecule has 22 heavy (non-hydrogen) atoms. The van der Waals surface area contributed by atoms with E-state index in [-0.39, 0.29) is 6.10 Å². The van der Waals surface area contributed by atoms with Crippen LogP contribution in [0.3, 0.4) is 0 Å². The molecule has 0 aliphatic carbocycles. The summed E-state index contributed by atoms with van der Waals surface area (Å²) in [4.78, 5) is 4.85. The molecular formula is C18H29N3O. The molecule has 0 spiro atoms. The van der Waals surface area contributed by atoms with Crippen LogP contribution >= 0.6 is 0 Å². The van der Waals surface area contributed by atoms with Gasteiger partial charge in [0.25, 0.3) is 0 Å². The van der Waals surface area contributed by atoms with Crippen LogP contribution in [0.2, 0.25) is 0 Å². The van der Waals surface area contributed by atoms with Crippen LogP contribution in [-0.2, 0) is 6.54 Å². The molecule has 2 saturated heterocycles. The predicted molar refractivity (Wildman–Crippen MR) is 89.8 cm³/mol. The maximum Gasteiger partial charge on any atom is 0.0682 e. The van der Waals surface area contributed by atoms with Crippen molar-refractivity contribution in [3.63, 3.8) is 0 Å². The highest BCUT2D eigenvalue weighted by molar-refractivity contribution is 5.15. The van der Waals surface area contributed by atoms with Gasteiger partial charge in [-0.1, -0.05) is 30.3 Å². The summed E-state index contributed by atoms with van der Waals surface area (Å²) in [6.07, 6.45) is 1.93. The fourth-order valence-corrected chi connectivity index (χ4v) is 3.83. The summed E-state index contributed by atoms with van der Waals surface area (Å²) in [7, 11) is 2.20. The molecule has 0 unspecified atom stereocenters. The quantitative estimate of drug-likeness (QED) is 0.860. The first-order valence-corrected chi connectivity index (χ1v) is 8.51. The lowest BCUT2D eigenvalue weighted by molar-refractivity contribution is 0.172. The minimum atomic E-state index is -0.180. The molecule has 1 aromatic carbocycles. The van der Waals surface area contributed by atoms with E-state index in [0.29, 0.717) is 18.1 Å². The monoisotopic (exact) mass is 303 g/mol. The van der Waals surface area contributed by atoms with Crippen LogP contribution in [-0.4, -0.2) is 65.8 Å². The summed E-state index contributed by atoms with van der Waals surface area (Å²) < 4.78 is 0. The average Bonchev–Trinajstić information content (AvgIpc) is 3.00. The second kappa shape index (κ2) is 7.09. The van der Waals surface area contributed by atoms with Crippen molar-refractivity contribution < 1.29 is 5.11 Å². The van der Waals surface area contributed by atoms with Gasteiger partial charge in [-0.25, -0.2) is 0 Å². The number of aliphatic hydroxyl groups is 1. The van der Waals surface area contributed by atoms with Crippen LogP contribution in [0.4, 0.5) is 0 Å². The van der Waals surface area contributed by atoms with Crippen molar-refractivity contribution in [3.8, 4) is 0 Å². The summed E-state index contributed by atoms with van der Waals surface area (Å²) in [5.41, 5.74) is 1.33. The zero-order valence-electron chi connectivity index (χ0n) is 13.8. The fraction of sp³-hybridized carbons (Fsp3) is 0.667. The third kappa shape index (κ3) is 3.87. The van der Waals surface area contributed by atoms with Crippen molar-refractivity contribution in [2.45, 2.75) is 50.5 Å². The van der Waals surface area contributed by atoms with E-state index in [1.54, 1.807) is 0 Å². The lowest BCUT2D eigenvalue weighted by Crippen LogP contribution is -2.42. The van der Waals surface area contributed by atoms with Gasteiger partial charge in [0.15, 0.2) is 0 Å². The van der Waals surface area contributed by atoms with Crippen molar-refractivity contribution in [2.24, 2.45) is 0 Å². The molecular weight excluding hydrogens is 274 g/mol. The van der Waals surface area contributed by atoms with Crippen LogP contribution in [0, 0.1) is 0 Å². The Morgan fingerprint density at radius 1 is 1.18 bits per heavy atom. The van der Waals surface area contributed by atoms with E-state index in [1.165, 1.54) is 12.0 Å². The molecule has 1 aromatic rings. The number of rotatable bonds is 5. The van der Waals surface area contributed by atoms with Crippen molar-refractivity contribution in [3.05, 3.63) is 35.9 Å². The summed E-state index contributed by atoms with van der Waals surface area (Å²) in [6, 6.07) is 12.3. The first kappa shape index (κ1) is 15.9. The number of likely N-dealkylation sites (tertiary alicyclic amines) is 2. The number of β-amino-alcohol motifs (C(OH)–C–C–N with tert-alkyl or cyclic N) is 1. The molecule has 2 aliphatic rings. The molecule has 0 radical (unpaired) electrons. The number of nitrogens with one attached hydrogen (secondary N) is 1. The smallest absolute Gasteiger partial charge is 0.0682 e. The van der Waals surface area contributed by atoms with Gasteiger partial charge in [-0.05, 0) is 32.4 Å². The second-order valence-electron chi connectivity index (χ2n) is 7.09. The molecule has 0 saturated carbocycles. The summed E-state index contributed by atoms with van der Waals surface area (Å²) in [5.74, 6) is 0. The topological polar surface area (TPSA) is 38.7 Å². The van der Waals surface area contributed by atoms with Crippen LogP contribution in [0.15, 0.2) is 30.3 Å². The zero-order chi connectivity index (χ0) is 15.5. The van der Waals surface area contributed by atoms with Gasteiger partial charge in [-0.3, -0.25) is 4.90 Å². The van der Waals surface area contributed by atoms with Gasteiger partial charge < -0.3 is 15.3 Å². The molecule has 122 valence electrons. The van der Waals surface area contributed by atoms with Gasteiger partial charge in [0.05, 0.1) is 6.10 Å². The minimum absolute atomic E-state index is 0.180. The van der Waals surface area contributed by atoms with Crippen molar-refractivity contribution in [2.75, 3.05) is 26.7 Å². The van der Waals surface area contributed by atoms with Crippen LogP contribution in [0.25, 0.3) is 0 Å². The fourth-order valence-electron chi connectivity index (χ4n) is 3.83. The zero-order valence-corrected chi connectivity index (χ0v) is 13.8.